The number of halogens is 1. The number of allylic oxidation sites excluding steroid dienone is 3. The largest absolute Gasteiger partial charge is 0.460 e. The number of carbonyl (C=O) groups is 1. The van der Waals surface area contributed by atoms with Crippen LogP contribution in [0.2, 0.25) is 0 Å². The average molecular weight is 366 g/mol. The number of ether oxygens (including phenoxy) is 1. The summed E-state index contributed by atoms with van der Waals surface area (Å²) >= 11 is 0. The van der Waals surface area contributed by atoms with Crippen molar-refractivity contribution in [1.82, 2.24) is 19.6 Å². The molecule has 0 spiro atoms. The van der Waals surface area contributed by atoms with Crippen molar-refractivity contribution in [2.24, 2.45) is 4.99 Å². The summed E-state index contributed by atoms with van der Waals surface area (Å²) < 4.78 is 20.1. The standard InChI is InChI=1S/C18H15FN6O2/c1-12(4-3-7-20-2)27-14-8-15(17-22-11-23-25(17)10-14)18(26)24-16-6-5-13(19)9-21-16/h3-11H,2H2,1H3,(H,21,24,26)/b7-3-,12-4+. The number of pyridine rings is 2. The van der Waals surface area contributed by atoms with Gasteiger partial charge in [-0.2, -0.15) is 5.10 Å². The summed E-state index contributed by atoms with van der Waals surface area (Å²) in [5.41, 5.74) is 0.576. The van der Waals surface area contributed by atoms with Gasteiger partial charge in [0.2, 0.25) is 0 Å². The van der Waals surface area contributed by atoms with Gasteiger partial charge in [-0.05, 0) is 44.0 Å². The molecule has 27 heavy (non-hydrogen) atoms. The topological polar surface area (TPSA) is 93.8 Å². The van der Waals surface area contributed by atoms with Gasteiger partial charge in [0, 0.05) is 6.20 Å². The van der Waals surface area contributed by atoms with Crippen LogP contribution in [-0.2, 0) is 0 Å². The van der Waals surface area contributed by atoms with Crippen molar-refractivity contribution in [3.05, 3.63) is 72.4 Å². The Kier molecular flexibility index (Phi) is 5.31. The van der Waals surface area contributed by atoms with E-state index in [0.717, 1.165) is 6.20 Å². The highest BCUT2D eigenvalue weighted by Gasteiger charge is 2.16. The van der Waals surface area contributed by atoms with E-state index >= 15 is 0 Å². The number of aromatic nitrogens is 4. The highest BCUT2D eigenvalue weighted by Crippen LogP contribution is 2.20. The van der Waals surface area contributed by atoms with E-state index in [2.05, 4.69) is 32.1 Å². The highest BCUT2D eigenvalue weighted by molar-refractivity contribution is 6.08. The molecule has 1 amide bonds. The van der Waals surface area contributed by atoms with Crippen LogP contribution in [0.3, 0.4) is 0 Å². The van der Waals surface area contributed by atoms with Gasteiger partial charge in [-0.25, -0.2) is 18.9 Å². The zero-order valence-electron chi connectivity index (χ0n) is 14.3. The third-order valence-corrected chi connectivity index (χ3v) is 3.36. The van der Waals surface area contributed by atoms with Crippen LogP contribution in [0.25, 0.3) is 5.65 Å². The third kappa shape index (κ3) is 4.40. The first kappa shape index (κ1) is 17.9. The maximum absolute atomic E-state index is 13.0. The highest BCUT2D eigenvalue weighted by atomic mass is 19.1. The van der Waals surface area contributed by atoms with Crippen LogP contribution in [-0.4, -0.2) is 32.2 Å². The van der Waals surface area contributed by atoms with E-state index in [4.69, 9.17) is 4.74 Å². The number of hydrogen-bond acceptors (Lipinski definition) is 6. The Bertz CT molecular complexity index is 1040. The zero-order valence-corrected chi connectivity index (χ0v) is 14.3. The van der Waals surface area contributed by atoms with Crippen molar-refractivity contribution in [3.8, 4) is 5.75 Å². The maximum atomic E-state index is 13.0. The molecule has 0 bridgehead atoms. The van der Waals surface area contributed by atoms with Crippen molar-refractivity contribution in [2.75, 3.05) is 5.32 Å². The van der Waals surface area contributed by atoms with Gasteiger partial charge in [-0.15, -0.1) is 0 Å². The molecule has 0 saturated heterocycles. The number of carbonyl (C=O) groups excluding carboxylic acids is 1. The molecule has 0 aliphatic rings. The van der Waals surface area contributed by atoms with Crippen molar-refractivity contribution in [2.45, 2.75) is 6.92 Å². The van der Waals surface area contributed by atoms with Crippen molar-refractivity contribution in [3.63, 3.8) is 0 Å². The summed E-state index contributed by atoms with van der Waals surface area (Å²) in [5, 5.41) is 6.64. The molecule has 0 aromatic carbocycles. The zero-order chi connectivity index (χ0) is 19.2. The van der Waals surface area contributed by atoms with Crippen molar-refractivity contribution in [1.29, 1.82) is 0 Å². The maximum Gasteiger partial charge on any atom is 0.260 e. The van der Waals surface area contributed by atoms with Crippen LogP contribution in [0.15, 0.2) is 66.0 Å². The molecule has 3 rings (SSSR count). The normalized spacial score (nSPS) is 11.7. The second-order valence-electron chi connectivity index (χ2n) is 5.34. The van der Waals surface area contributed by atoms with Gasteiger partial charge in [-0.1, -0.05) is 0 Å². The van der Waals surface area contributed by atoms with Crippen molar-refractivity contribution >= 4 is 24.1 Å². The van der Waals surface area contributed by atoms with E-state index in [1.54, 1.807) is 25.3 Å². The quantitative estimate of drug-likeness (QED) is 0.411. The van der Waals surface area contributed by atoms with E-state index < -0.39 is 11.7 Å². The number of amides is 1. The second-order valence-corrected chi connectivity index (χ2v) is 5.34. The Morgan fingerprint density at radius 3 is 3.00 bits per heavy atom. The Balaban J connectivity index is 1.89. The van der Waals surface area contributed by atoms with Gasteiger partial charge >= 0.3 is 0 Å². The molecular formula is C18H15FN6O2. The molecule has 0 aliphatic carbocycles. The van der Waals surface area contributed by atoms with Crippen molar-refractivity contribution < 1.29 is 13.9 Å². The number of fused-ring (bicyclic) bond motifs is 1. The van der Waals surface area contributed by atoms with Gasteiger partial charge in [0.15, 0.2) is 5.65 Å². The SMILES string of the molecule is C=N/C=C\C=C(/C)Oc1cc(C(=O)Nc2ccc(F)cn2)c2ncnn2c1. The average Bonchev–Trinajstić information content (AvgIpc) is 3.11. The number of rotatable bonds is 6. The second kappa shape index (κ2) is 8.00. The molecule has 0 fully saturated rings. The fraction of sp³-hybridized carbons (Fsp3) is 0.0556. The lowest BCUT2D eigenvalue weighted by Gasteiger charge is -2.09. The summed E-state index contributed by atoms with van der Waals surface area (Å²) in [6, 6.07) is 4.10. The first-order chi connectivity index (χ1) is 13.1. The number of nitrogens with zero attached hydrogens (tertiary/aromatic N) is 5. The number of nitrogens with one attached hydrogen (secondary N) is 1. The predicted molar refractivity (Wildman–Crippen MR) is 98.2 cm³/mol. The van der Waals surface area contributed by atoms with Gasteiger partial charge in [-0.3, -0.25) is 9.79 Å². The Morgan fingerprint density at radius 2 is 2.26 bits per heavy atom. The molecule has 3 aromatic rings. The van der Waals surface area contributed by atoms with Crippen LogP contribution in [0, 0.1) is 5.82 Å². The lowest BCUT2D eigenvalue weighted by atomic mass is 10.2. The Hall–Kier alpha value is -3.88. The first-order valence-corrected chi connectivity index (χ1v) is 7.80. The molecule has 1 N–H and O–H groups in total. The number of aliphatic imine (C=N–C) groups is 1. The van der Waals surface area contributed by atoms with E-state index in [9.17, 15) is 9.18 Å². The summed E-state index contributed by atoms with van der Waals surface area (Å²) in [4.78, 5) is 24.1. The van der Waals surface area contributed by atoms with Crippen LogP contribution in [0.1, 0.15) is 17.3 Å². The minimum atomic E-state index is -0.494. The smallest absolute Gasteiger partial charge is 0.260 e. The van der Waals surface area contributed by atoms with Crippen LogP contribution in [0.4, 0.5) is 10.2 Å². The molecule has 0 atom stereocenters. The fourth-order valence-electron chi connectivity index (χ4n) is 2.22. The molecule has 0 unspecified atom stereocenters. The van der Waals surface area contributed by atoms with Crippen LogP contribution in [0.5, 0.6) is 5.75 Å². The number of anilines is 1. The van der Waals surface area contributed by atoms with Crippen LogP contribution >= 0.6 is 0 Å². The number of hydrogen-bond donors (Lipinski definition) is 1. The van der Waals surface area contributed by atoms with Gasteiger partial charge in [0.25, 0.3) is 5.91 Å². The predicted octanol–water partition coefficient (Wildman–Crippen LogP) is 3.01. The molecule has 136 valence electrons. The monoisotopic (exact) mass is 366 g/mol. The molecule has 9 heteroatoms. The third-order valence-electron chi connectivity index (χ3n) is 3.36. The minimum absolute atomic E-state index is 0.212. The van der Waals surface area contributed by atoms with E-state index in [1.165, 1.54) is 35.2 Å². The summed E-state index contributed by atoms with van der Waals surface area (Å²) in [7, 11) is 0. The van der Waals surface area contributed by atoms with E-state index in [1.807, 2.05) is 0 Å². The van der Waals surface area contributed by atoms with Gasteiger partial charge in [0.05, 0.1) is 18.0 Å². The molecule has 8 nitrogen and oxygen atoms in total. The Labute approximate surface area is 153 Å². The molecule has 3 aromatic heterocycles. The first-order valence-electron chi connectivity index (χ1n) is 7.80. The van der Waals surface area contributed by atoms with Gasteiger partial charge in [0.1, 0.15) is 29.5 Å². The van der Waals surface area contributed by atoms with E-state index in [-0.39, 0.29) is 11.4 Å². The minimum Gasteiger partial charge on any atom is -0.460 e. The molecular weight excluding hydrogens is 351 g/mol. The van der Waals surface area contributed by atoms with Crippen LogP contribution < -0.4 is 10.1 Å². The molecule has 3 heterocycles. The fourth-order valence-corrected chi connectivity index (χ4v) is 2.22. The summed E-state index contributed by atoms with van der Waals surface area (Å²) in [5.74, 6) is 0.199. The summed E-state index contributed by atoms with van der Waals surface area (Å²) in [6.45, 7) is 5.10. The lowest BCUT2D eigenvalue weighted by molar-refractivity contribution is 0.102. The lowest BCUT2D eigenvalue weighted by Crippen LogP contribution is -2.15. The van der Waals surface area contributed by atoms with E-state index in [0.29, 0.717) is 17.2 Å². The molecule has 0 aliphatic heterocycles. The molecule has 0 saturated carbocycles. The summed E-state index contributed by atoms with van der Waals surface area (Å²) in [6.07, 6.45) is 8.82. The Morgan fingerprint density at radius 1 is 1.41 bits per heavy atom. The van der Waals surface area contributed by atoms with Gasteiger partial charge < -0.3 is 10.1 Å². The molecule has 0 radical (unpaired) electrons.